The predicted molar refractivity (Wildman–Crippen MR) is 66.3 cm³/mol. The third-order valence-electron chi connectivity index (χ3n) is 1.86. The molecule has 0 aromatic carbocycles. The number of sulfonamides is 1. The summed E-state index contributed by atoms with van der Waals surface area (Å²) < 4.78 is 31.1. The van der Waals surface area contributed by atoms with Gasteiger partial charge in [0.15, 0.2) is 0 Å². The van der Waals surface area contributed by atoms with E-state index in [-0.39, 0.29) is 18.4 Å². The zero-order chi connectivity index (χ0) is 11.2. The lowest BCUT2D eigenvalue weighted by molar-refractivity contribution is 0.216. The standard InChI is InChI=1S/C8H18INO3S/c1-7(2)8(6-9)10-14(11,12)5-4-13-3/h7-8,10H,4-6H2,1-3H3. The van der Waals surface area contributed by atoms with Gasteiger partial charge in [0.05, 0.1) is 12.4 Å². The van der Waals surface area contributed by atoms with Gasteiger partial charge in [-0.25, -0.2) is 13.1 Å². The highest BCUT2D eigenvalue weighted by atomic mass is 127. The molecule has 0 heterocycles. The molecule has 1 atom stereocenters. The molecule has 1 N–H and O–H groups in total. The molecule has 4 nitrogen and oxygen atoms in total. The Balaban J connectivity index is 4.18. The quantitative estimate of drug-likeness (QED) is 0.558. The van der Waals surface area contributed by atoms with Gasteiger partial charge in [-0.15, -0.1) is 0 Å². The van der Waals surface area contributed by atoms with Crippen molar-refractivity contribution in [3.63, 3.8) is 0 Å². The highest BCUT2D eigenvalue weighted by Gasteiger charge is 2.19. The van der Waals surface area contributed by atoms with Crippen LogP contribution in [0.4, 0.5) is 0 Å². The van der Waals surface area contributed by atoms with E-state index in [1.54, 1.807) is 0 Å². The van der Waals surface area contributed by atoms with Crippen LogP contribution in [-0.4, -0.2) is 38.4 Å². The molecular weight excluding hydrogens is 317 g/mol. The predicted octanol–water partition coefficient (Wildman–Crippen LogP) is 1.01. The smallest absolute Gasteiger partial charge is 0.214 e. The lowest BCUT2D eigenvalue weighted by Crippen LogP contribution is -2.41. The van der Waals surface area contributed by atoms with Crippen molar-refractivity contribution in [3.05, 3.63) is 0 Å². The van der Waals surface area contributed by atoms with Crippen molar-refractivity contribution >= 4 is 32.6 Å². The number of alkyl halides is 1. The van der Waals surface area contributed by atoms with Crippen LogP contribution in [0.25, 0.3) is 0 Å². The average molecular weight is 335 g/mol. The number of ether oxygens (including phenoxy) is 1. The van der Waals surface area contributed by atoms with E-state index in [0.29, 0.717) is 5.92 Å². The Morgan fingerprint density at radius 2 is 2.00 bits per heavy atom. The van der Waals surface area contributed by atoms with E-state index in [1.165, 1.54) is 7.11 Å². The summed E-state index contributed by atoms with van der Waals surface area (Å²) in [7, 11) is -1.69. The van der Waals surface area contributed by atoms with Crippen LogP contribution in [0.15, 0.2) is 0 Å². The van der Waals surface area contributed by atoms with Crippen molar-refractivity contribution < 1.29 is 13.2 Å². The lowest BCUT2D eigenvalue weighted by atomic mass is 10.1. The van der Waals surface area contributed by atoms with Gasteiger partial charge in [0.1, 0.15) is 0 Å². The molecule has 86 valence electrons. The third-order valence-corrected chi connectivity index (χ3v) is 4.17. The van der Waals surface area contributed by atoms with Crippen molar-refractivity contribution in [2.45, 2.75) is 19.9 Å². The Morgan fingerprint density at radius 3 is 2.36 bits per heavy atom. The van der Waals surface area contributed by atoms with Crippen LogP contribution in [-0.2, 0) is 14.8 Å². The van der Waals surface area contributed by atoms with E-state index < -0.39 is 10.0 Å². The Labute approximate surface area is 100.0 Å². The molecule has 0 fully saturated rings. The molecule has 0 saturated carbocycles. The van der Waals surface area contributed by atoms with Crippen LogP contribution in [0.5, 0.6) is 0 Å². The van der Waals surface area contributed by atoms with Gasteiger partial charge in [0.25, 0.3) is 0 Å². The molecule has 0 rings (SSSR count). The molecule has 14 heavy (non-hydrogen) atoms. The highest BCUT2D eigenvalue weighted by Crippen LogP contribution is 2.06. The summed E-state index contributed by atoms with van der Waals surface area (Å²) in [4.78, 5) is 0. The molecule has 0 radical (unpaired) electrons. The molecule has 0 aliphatic heterocycles. The maximum atomic E-state index is 11.5. The first kappa shape index (κ1) is 14.6. The van der Waals surface area contributed by atoms with Gasteiger partial charge >= 0.3 is 0 Å². The first-order valence-electron chi connectivity index (χ1n) is 4.48. The second-order valence-corrected chi connectivity index (χ2v) is 6.19. The summed E-state index contributed by atoms with van der Waals surface area (Å²) in [5, 5.41) is 0. The second-order valence-electron chi connectivity index (χ2n) is 3.43. The maximum absolute atomic E-state index is 11.5. The first-order valence-corrected chi connectivity index (χ1v) is 7.65. The molecule has 0 bridgehead atoms. The molecule has 0 aliphatic carbocycles. The van der Waals surface area contributed by atoms with E-state index >= 15 is 0 Å². The Morgan fingerprint density at radius 1 is 1.43 bits per heavy atom. The van der Waals surface area contributed by atoms with Crippen LogP contribution in [0.3, 0.4) is 0 Å². The summed E-state index contributed by atoms with van der Waals surface area (Å²) >= 11 is 2.18. The Bertz CT molecular complexity index is 241. The summed E-state index contributed by atoms with van der Waals surface area (Å²) in [5.74, 6) is 0.341. The number of nitrogens with one attached hydrogen (secondary N) is 1. The summed E-state index contributed by atoms with van der Waals surface area (Å²) in [6.45, 7) is 4.24. The fraction of sp³-hybridized carbons (Fsp3) is 1.00. The van der Waals surface area contributed by atoms with Gasteiger partial charge in [0.2, 0.25) is 10.0 Å². The summed E-state index contributed by atoms with van der Waals surface area (Å²) in [6.07, 6.45) is 0. The minimum atomic E-state index is -3.18. The van der Waals surface area contributed by atoms with Gasteiger partial charge in [-0.1, -0.05) is 36.4 Å². The summed E-state index contributed by atoms with van der Waals surface area (Å²) in [5.41, 5.74) is 0. The van der Waals surface area contributed by atoms with Crippen molar-refractivity contribution in [2.24, 2.45) is 5.92 Å². The third kappa shape index (κ3) is 6.15. The zero-order valence-electron chi connectivity index (χ0n) is 8.79. The van der Waals surface area contributed by atoms with Crippen LogP contribution in [0.2, 0.25) is 0 Å². The average Bonchev–Trinajstić information content (AvgIpc) is 2.10. The van der Waals surface area contributed by atoms with E-state index in [0.717, 1.165) is 4.43 Å². The zero-order valence-corrected chi connectivity index (χ0v) is 11.8. The number of rotatable bonds is 7. The largest absolute Gasteiger partial charge is 0.384 e. The van der Waals surface area contributed by atoms with Crippen molar-refractivity contribution in [2.75, 3.05) is 23.9 Å². The number of methoxy groups -OCH3 is 1. The van der Waals surface area contributed by atoms with Gasteiger partial charge < -0.3 is 4.74 Å². The molecule has 0 spiro atoms. The molecule has 0 amide bonds. The molecule has 0 aromatic heterocycles. The fourth-order valence-corrected chi connectivity index (χ4v) is 3.69. The molecule has 0 saturated heterocycles. The molecule has 0 aromatic rings. The SMILES string of the molecule is COCCS(=O)(=O)NC(CI)C(C)C. The summed E-state index contributed by atoms with van der Waals surface area (Å²) in [6, 6.07) is 0.0115. The van der Waals surface area contributed by atoms with Crippen molar-refractivity contribution in [1.82, 2.24) is 4.72 Å². The fourth-order valence-electron chi connectivity index (χ4n) is 0.828. The molecule has 0 aliphatic rings. The normalized spacial score (nSPS) is 14.6. The molecule has 6 heteroatoms. The van der Waals surface area contributed by atoms with E-state index in [1.807, 2.05) is 13.8 Å². The number of hydrogen-bond acceptors (Lipinski definition) is 3. The second kappa shape index (κ2) is 6.97. The monoisotopic (exact) mass is 335 g/mol. The molecular formula is C8H18INO3S. The van der Waals surface area contributed by atoms with Crippen LogP contribution in [0.1, 0.15) is 13.8 Å². The topological polar surface area (TPSA) is 55.4 Å². The van der Waals surface area contributed by atoms with Gasteiger partial charge in [-0.2, -0.15) is 0 Å². The van der Waals surface area contributed by atoms with Crippen LogP contribution < -0.4 is 4.72 Å². The van der Waals surface area contributed by atoms with Crippen molar-refractivity contribution in [3.8, 4) is 0 Å². The van der Waals surface area contributed by atoms with E-state index in [2.05, 4.69) is 27.3 Å². The highest BCUT2D eigenvalue weighted by molar-refractivity contribution is 14.1. The van der Waals surface area contributed by atoms with Gasteiger partial charge in [-0.3, -0.25) is 0 Å². The minimum absolute atomic E-state index is 0.0115. The van der Waals surface area contributed by atoms with E-state index in [9.17, 15) is 8.42 Å². The van der Waals surface area contributed by atoms with E-state index in [4.69, 9.17) is 4.74 Å². The van der Waals surface area contributed by atoms with Crippen LogP contribution in [0, 0.1) is 5.92 Å². The first-order chi connectivity index (χ1) is 6.43. The Kier molecular flexibility index (Phi) is 7.27. The lowest BCUT2D eigenvalue weighted by Gasteiger charge is -2.19. The minimum Gasteiger partial charge on any atom is -0.384 e. The van der Waals surface area contributed by atoms with Gasteiger partial charge in [-0.05, 0) is 5.92 Å². The van der Waals surface area contributed by atoms with Crippen LogP contribution >= 0.6 is 22.6 Å². The number of hydrogen-bond donors (Lipinski definition) is 1. The number of halogens is 1. The maximum Gasteiger partial charge on any atom is 0.214 e. The van der Waals surface area contributed by atoms with Gasteiger partial charge in [0, 0.05) is 17.6 Å². The Hall–Kier alpha value is 0.600. The van der Waals surface area contributed by atoms with Crippen molar-refractivity contribution in [1.29, 1.82) is 0 Å². The molecule has 1 unspecified atom stereocenters.